The zero-order chi connectivity index (χ0) is 19.2. The molecule has 3 nitrogen and oxygen atoms in total. The van der Waals surface area contributed by atoms with Crippen molar-refractivity contribution in [2.24, 2.45) is 0 Å². The Morgan fingerprint density at radius 3 is 2.37 bits per heavy atom. The van der Waals surface area contributed by atoms with Gasteiger partial charge in [-0.3, -0.25) is 0 Å². The van der Waals surface area contributed by atoms with Gasteiger partial charge in [-0.2, -0.15) is 0 Å². The van der Waals surface area contributed by atoms with Crippen LogP contribution in [0, 0.1) is 0 Å². The van der Waals surface area contributed by atoms with Gasteiger partial charge in [0.15, 0.2) is 0 Å². The fraction of sp³-hybridized carbons (Fsp3) is 0.478. The summed E-state index contributed by atoms with van der Waals surface area (Å²) in [6.45, 7) is 8.55. The Bertz CT molecular complexity index is 817. The Morgan fingerprint density at radius 1 is 1.07 bits per heavy atom. The van der Waals surface area contributed by atoms with Gasteiger partial charge in [-0.25, -0.2) is 0 Å². The molecule has 0 amide bonds. The zero-order valence-electron chi connectivity index (χ0n) is 16.3. The van der Waals surface area contributed by atoms with Crippen LogP contribution < -0.4 is 9.64 Å². The summed E-state index contributed by atoms with van der Waals surface area (Å²) >= 11 is 6.34. The number of nitrogens with zero attached hydrogens (tertiary/aromatic N) is 1. The summed E-state index contributed by atoms with van der Waals surface area (Å²) in [5.74, 6) is 0.667. The molecular formula is C23H28ClNO2. The molecule has 0 saturated carbocycles. The molecule has 1 spiro atoms. The molecule has 2 aromatic carbocycles. The first-order valence-electron chi connectivity index (χ1n) is 9.78. The third-order valence-corrected chi connectivity index (χ3v) is 6.31. The molecule has 0 radical (unpaired) electrons. The average Bonchev–Trinajstić information content (AvgIpc) is 2.63. The number of aliphatic hydroxyl groups excluding tert-OH is 1. The van der Waals surface area contributed by atoms with Crippen LogP contribution in [-0.2, 0) is 5.41 Å². The van der Waals surface area contributed by atoms with Gasteiger partial charge in [-0.1, -0.05) is 56.6 Å². The fourth-order valence-corrected chi connectivity index (χ4v) is 4.49. The van der Waals surface area contributed by atoms with Crippen molar-refractivity contribution < 1.29 is 9.84 Å². The number of benzene rings is 2. The molecule has 2 aromatic rings. The van der Waals surface area contributed by atoms with Crippen molar-refractivity contribution >= 4 is 17.3 Å². The Labute approximate surface area is 166 Å². The van der Waals surface area contributed by atoms with Gasteiger partial charge in [0.1, 0.15) is 11.4 Å². The lowest BCUT2D eigenvalue weighted by Gasteiger charge is -2.46. The largest absolute Gasteiger partial charge is 0.485 e. The van der Waals surface area contributed by atoms with E-state index in [9.17, 15) is 5.11 Å². The highest BCUT2D eigenvalue weighted by Crippen LogP contribution is 2.47. The lowest BCUT2D eigenvalue weighted by molar-refractivity contribution is -0.0299. The number of aliphatic hydroxyl groups is 1. The van der Waals surface area contributed by atoms with Crippen LogP contribution in [-0.4, -0.2) is 23.8 Å². The highest BCUT2D eigenvalue weighted by molar-refractivity contribution is 6.32. The minimum absolute atomic E-state index is 0.170. The van der Waals surface area contributed by atoms with Crippen LogP contribution in [0.4, 0.5) is 5.69 Å². The summed E-state index contributed by atoms with van der Waals surface area (Å²) in [7, 11) is 0. The number of ether oxygens (including phenoxy) is 1. The molecule has 4 heteroatoms. The van der Waals surface area contributed by atoms with Crippen LogP contribution in [0.2, 0.25) is 5.02 Å². The van der Waals surface area contributed by atoms with E-state index in [1.165, 1.54) is 11.3 Å². The third kappa shape index (κ3) is 3.55. The van der Waals surface area contributed by atoms with Gasteiger partial charge in [0, 0.05) is 43.6 Å². The number of anilines is 1. The number of hydrogen-bond donors (Lipinski definition) is 1. The molecule has 2 aliphatic heterocycles. The maximum Gasteiger partial charge on any atom is 0.144 e. The van der Waals surface area contributed by atoms with Crippen molar-refractivity contribution in [3.05, 3.63) is 58.6 Å². The maximum atomic E-state index is 10.6. The van der Waals surface area contributed by atoms with Crippen molar-refractivity contribution in [2.75, 3.05) is 18.0 Å². The number of hydrogen-bond acceptors (Lipinski definition) is 3. The molecule has 144 valence electrons. The number of para-hydroxylation sites is 1. The zero-order valence-corrected chi connectivity index (χ0v) is 17.1. The first kappa shape index (κ1) is 18.6. The number of halogens is 1. The van der Waals surface area contributed by atoms with Gasteiger partial charge < -0.3 is 14.7 Å². The lowest BCUT2D eigenvalue weighted by Crippen LogP contribution is -2.50. The van der Waals surface area contributed by atoms with Crippen LogP contribution in [0.3, 0.4) is 0 Å². The molecule has 1 saturated heterocycles. The normalized spacial score (nSPS) is 21.7. The Balaban J connectivity index is 1.48. The topological polar surface area (TPSA) is 32.7 Å². The van der Waals surface area contributed by atoms with E-state index in [2.05, 4.69) is 49.9 Å². The average molecular weight is 386 g/mol. The summed E-state index contributed by atoms with van der Waals surface area (Å²) in [5, 5.41) is 11.2. The second-order valence-electron chi connectivity index (χ2n) is 8.95. The van der Waals surface area contributed by atoms with Crippen LogP contribution in [0.5, 0.6) is 5.75 Å². The predicted molar refractivity (Wildman–Crippen MR) is 111 cm³/mol. The molecule has 0 aliphatic carbocycles. The monoisotopic (exact) mass is 385 g/mol. The van der Waals surface area contributed by atoms with Crippen molar-refractivity contribution in [3.63, 3.8) is 0 Å². The number of piperidine rings is 1. The highest BCUT2D eigenvalue weighted by atomic mass is 35.5. The van der Waals surface area contributed by atoms with Crippen molar-refractivity contribution in [2.45, 2.75) is 57.2 Å². The fourth-order valence-electron chi connectivity index (χ4n) is 4.27. The van der Waals surface area contributed by atoms with E-state index in [1.807, 2.05) is 18.2 Å². The summed E-state index contributed by atoms with van der Waals surface area (Å²) in [6, 6.07) is 14.5. The summed E-state index contributed by atoms with van der Waals surface area (Å²) in [4.78, 5) is 2.41. The van der Waals surface area contributed by atoms with Gasteiger partial charge in [0.2, 0.25) is 0 Å². The van der Waals surface area contributed by atoms with E-state index in [4.69, 9.17) is 16.3 Å². The van der Waals surface area contributed by atoms with Crippen LogP contribution >= 0.6 is 11.6 Å². The summed E-state index contributed by atoms with van der Waals surface area (Å²) in [5.41, 5.74) is 3.27. The van der Waals surface area contributed by atoms with Gasteiger partial charge >= 0.3 is 0 Å². The van der Waals surface area contributed by atoms with E-state index in [0.717, 1.165) is 31.5 Å². The van der Waals surface area contributed by atoms with Gasteiger partial charge in [0.25, 0.3) is 0 Å². The van der Waals surface area contributed by atoms with Gasteiger partial charge in [0.05, 0.1) is 11.1 Å². The quantitative estimate of drug-likeness (QED) is 0.704. The van der Waals surface area contributed by atoms with Crippen molar-refractivity contribution in [3.8, 4) is 5.75 Å². The molecule has 1 fully saturated rings. The first-order valence-corrected chi connectivity index (χ1v) is 10.2. The predicted octanol–water partition coefficient (Wildman–Crippen LogP) is 5.49. The summed E-state index contributed by atoms with van der Waals surface area (Å²) < 4.78 is 6.39. The smallest absolute Gasteiger partial charge is 0.144 e. The SMILES string of the molecule is CC(C)(C)c1ccc(N2CCC3(CC2)CC(O)c2cccc(Cl)c2O3)cc1. The number of rotatable bonds is 1. The standard InChI is InChI=1S/C23H28ClNO2/c1-22(2,3)16-7-9-17(10-8-16)25-13-11-23(12-14-25)15-20(26)18-5-4-6-19(24)21(18)27-23/h4-10,20,26H,11-15H2,1-3H3. The molecule has 1 N–H and O–H groups in total. The minimum Gasteiger partial charge on any atom is -0.485 e. The first-order chi connectivity index (χ1) is 12.8. The third-order valence-electron chi connectivity index (χ3n) is 6.01. The van der Waals surface area contributed by atoms with E-state index in [1.54, 1.807) is 0 Å². The summed E-state index contributed by atoms with van der Waals surface area (Å²) in [6.07, 6.45) is 1.90. The van der Waals surface area contributed by atoms with Crippen LogP contribution in [0.1, 0.15) is 57.3 Å². The molecule has 0 bridgehead atoms. The molecule has 4 rings (SSSR count). The molecule has 1 unspecified atom stereocenters. The van der Waals surface area contributed by atoms with Gasteiger partial charge in [-0.15, -0.1) is 0 Å². The van der Waals surface area contributed by atoms with E-state index in [-0.39, 0.29) is 11.0 Å². The second kappa shape index (κ2) is 6.72. The van der Waals surface area contributed by atoms with E-state index >= 15 is 0 Å². The van der Waals surface area contributed by atoms with Gasteiger partial charge in [-0.05, 0) is 29.2 Å². The van der Waals surface area contributed by atoms with Crippen molar-refractivity contribution in [1.29, 1.82) is 0 Å². The second-order valence-corrected chi connectivity index (χ2v) is 9.35. The highest BCUT2D eigenvalue weighted by Gasteiger charge is 2.43. The molecule has 1 atom stereocenters. The van der Waals surface area contributed by atoms with E-state index in [0.29, 0.717) is 17.2 Å². The van der Waals surface area contributed by atoms with E-state index < -0.39 is 6.10 Å². The molecule has 2 aliphatic rings. The molecular weight excluding hydrogens is 358 g/mol. The minimum atomic E-state index is -0.509. The maximum absolute atomic E-state index is 10.6. The lowest BCUT2D eigenvalue weighted by atomic mass is 9.81. The molecule has 2 heterocycles. The Kier molecular flexibility index (Phi) is 4.64. The van der Waals surface area contributed by atoms with Crippen LogP contribution in [0.25, 0.3) is 0 Å². The Hall–Kier alpha value is -1.71. The molecule has 27 heavy (non-hydrogen) atoms. The van der Waals surface area contributed by atoms with Crippen molar-refractivity contribution in [1.82, 2.24) is 0 Å². The van der Waals surface area contributed by atoms with Crippen LogP contribution in [0.15, 0.2) is 42.5 Å². The number of fused-ring (bicyclic) bond motifs is 1. The Morgan fingerprint density at radius 2 is 1.74 bits per heavy atom. The molecule has 0 aromatic heterocycles.